The lowest BCUT2D eigenvalue weighted by molar-refractivity contribution is -0.111. The fraction of sp³-hybridized carbons (Fsp3) is 0.286. The largest absolute Gasteiger partial charge is 0.493 e. The van der Waals surface area contributed by atoms with E-state index in [1.807, 2.05) is 32.0 Å². The first-order valence-corrected chi connectivity index (χ1v) is 8.72. The number of methoxy groups -OCH3 is 2. The molecule has 0 aliphatic carbocycles. The summed E-state index contributed by atoms with van der Waals surface area (Å²) >= 11 is 0. The number of rotatable bonds is 9. The second-order valence-corrected chi connectivity index (χ2v) is 5.46. The molecule has 2 aromatic rings. The summed E-state index contributed by atoms with van der Waals surface area (Å²) in [4.78, 5) is 12.2. The zero-order valence-electron chi connectivity index (χ0n) is 16.1. The topological polar surface area (TPSA) is 66.0 Å². The van der Waals surface area contributed by atoms with Crippen LogP contribution in [-0.2, 0) is 4.79 Å². The van der Waals surface area contributed by atoms with Gasteiger partial charge in [-0.2, -0.15) is 0 Å². The maximum Gasteiger partial charge on any atom is 0.248 e. The third-order valence-corrected chi connectivity index (χ3v) is 3.65. The number of ether oxygens (including phenoxy) is 4. The van der Waals surface area contributed by atoms with Crippen molar-refractivity contribution in [1.82, 2.24) is 0 Å². The Morgan fingerprint density at radius 1 is 0.889 bits per heavy atom. The highest BCUT2D eigenvalue weighted by molar-refractivity contribution is 6.02. The fourth-order valence-electron chi connectivity index (χ4n) is 2.44. The maximum atomic E-state index is 12.2. The minimum atomic E-state index is -0.255. The van der Waals surface area contributed by atoms with Gasteiger partial charge in [0.1, 0.15) is 0 Å². The van der Waals surface area contributed by atoms with Gasteiger partial charge in [0.15, 0.2) is 23.0 Å². The van der Waals surface area contributed by atoms with Crippen LogP contribution in [0.1, 0.15) is 19.4 Å². The highest BCUT2D eigenvalue weighted by Crippen LogP contribution is 2.30. The van der Waals surface area contributed by atoms with Crippen molar-refractivity contribution in [2.75, 3.05) is 32.8 Å². The zero-order valence-corrected chi connectivity index (χ0v) is 16.1. The number of anilines is 1. The van der Waals surface area contributed by atoms with Crippen molar-refractivity contribution >= 4 is 17.7 Å². The number of amides is 1. The van der Waals surface area contributed by atoms with Gasteiger partial charge in [-0.05, 0) is 49.8 Å². The highest BCUT2D eigenvalue weighted by atomic mass is 16.5. The summed E-state index contributed by atoms with van der Waals surface area (Å²) in [5.74, 6) is 2.23. The Bertz CT molecular complexity index is 801. The molecule has 2 aromatic carbocycles. The van der Waals surface area contributed by atoms with Gasteiger partial charge in [-0.1, -0.05) is 6.07 Å². The lowest BCUT2D eigenvalue weighted by Crippen LogP contribution is -2.08. The minimum absolute atomic E-state index is 0.255. The van der Waals surface area contributed by atoms with Crippen LogP contribution < -0.4 is 24.3 Å². The van der Waals surface area contributed by atoms with Crippen molar-refractivity contribution in [2.45, 2.75) is 13.8 Å². The van der Waals surface area contributed by atoms with Crippen molar-refractivity contribution in [2.24, 2.45) is 0 Å². The van der Waals surface area contributed by atoms with Gasteiger partial charge in [-0.3, -0.25) is 4.79 Å². The van der Waals surface area contributed by atoms with Gasteiger partial charge in [-0.25, -0.2) is 0 Å². The van der Waals surface area contributed by atoms with E-state index in [1.54, 1.807) is 38.5 Å². The summed E-state index contributed by atoms with van der Waals surface area (Å²) < 4.78 is 21.6. The Labute approximate surface area is 159 Å². The fourth-order valence-corrected chi connectivity index (χ4v) is 2.44. The predicted octanol–water partition coefficient (Wildman–Crippen LogP) is 4.15. The summed E-state index contributed by atoms with van der Waals surface area (Å²) in [6, 6.07) is 10.7. The van der Waals surface area contributed by atoms with Crippen LogP contribution in [0.15, 0.2) is 42.5 Å². The molecule has 0 fully saturated rings. The van der Waals surface area contributed by atoms with Crippen molar-refractivity contribution < 1.29 is 23.7 Å². The zero-order chi connectivity index (χ0) is 19.6. The lowest BCUT2D eigenvalue weighted by Gasteiger charge is -2.11. The molecule has 0 spiro atoms. The van der Waals surface area contributed by atoms with Crippen LogP contribution in [-0.4, -0.2) is 33.3 Å². The summed E-state index contributed by atoms with van der Waals surface area (Å²) in [6.45, 7) is 4.92. The first-order chi connectivity index (χ1) is 13.1. The Kier molecular flexibility index (Phi) is 7.55. The first-order valence-electron chi connectivity index (χ1n) is 8.72. The van der Waals surface area contributed by atoms with Gasteiger partial charge in [0.05, 0.1) is 27.4 Å². The molecule has 144 valence electrons. The van der Waals surface area contributed by atoms with Gasteiger partial charge in [0.2, 0.25) is 5.91 Å². The monoisotopic (exact) mass is 371 g/mol. The molecule has 1 amide bonds. The van der Waals surface area contributed by atoms with E-state index < -0.39 is 0 Å². The molecule has 2 rings (SSSR count). The smallest absolute Gasteiger partial charge is 0.248 e. The van der Waals surface area contributed by atoms with E-state index in [4.69, 9.17) is 18.9 Å². The van der Waals surface area contributed by atoms with Gasteiger partial charge in [-0.15, -0.1) is 0 Å². The highest BCUT2D eigenvalue weighted by Gasteiger charge is 2.07. The van der Waals surface area contributed by atoms with E-state index >= 15 is 0 Å². The van der Waals surface area contributed by atoms with E-state index in [9.17, 15) is 4.79 Å². The maximum absolute atomic E-state index is 12.2. The third kappa shape index (κ3) is 5.67. The lowest BCUT2D eigenvalue weighted by atomic mass is 10.2. The molecular formula is C21H25NO5. The van der Waals surface area contributed by atoms with Gasteiger partial charge in [0, 0.05) is 17.8 Å². The molecule has 27 heavy (non-hydrogen) atoms. The predicted molar refractivity (Wildman–Crippen MR) is 106 cm³/mol. The summed E-state index contributed by atoms with van der Waals surface area (Å²) in [6.07, 6.45) is 3.18. The van der Waals surface area contributed by atoms with E-state index in [2.05, 4.69) is 5.32 Å². The average Bonchev–Trinajstić information content (AvgIpc) is 2.68. The number of carbonyl (C=O) groups excluding carboxylic acids is 1. The van der Waals surface area contributed by atoms with Crippen LogP contribution >= 0.6 is 0 Å². The second-order valence-electron chi connectivity index (χ2n) is 5.46. The number of benzene rings is 2. The Morgan fingerprint density at radius 2 is 1.56 bits per heavy atom. The molecule has 0 aliphatic rings. The molecule has 0 bridgehead atoms. The normalized spacial score (nSPS) is 10.5. The SMILES string of the molecule is CCOc1ccc(/C=C/C(=O)Nc2ccc(OC)c(OC)c2)cc1OCC. The van der Waals surface area contributed by atoms with Crippen LogP contribution in [0, 0.1) is 0 Å². The molecule has 0 heterocycles. The summed E-state index contributed by atoms with van der Waals surface area (Å²) in [5.41, 5.74) is 1.45. The van der Waals surface area contributed by atoms with Crippen LogP contribution in [0.3, 0.4) is 0 Å². The van der Waals surface area contributed by atoms with Crippen molar-refractivity contribution in [1.29, 1.82) is 0 Å². The van der Waals surface area contributed by atoms with Gasteiger partial charge < -0.3 is 24.3 Å². The second kappa shape index (κ2) is 10.1. The molecule has 6 heteroatoms. The van der Waals surface area contributed by atoms with E-state index in [0.29, 0.717) is 41.9 Å². The standard InChI is InChI=1S/C21H25NO5/c1-5-26-18-10-7-15(13-20(18)27-6-2)8-12-21(23)22-16-9-11-17(24-3)19(14-16)25-4/h7-14H,5-6H2,1-4H3,(H,22,23)/b12-8+. The molecule has 0 unspecified atom stereocenters. The van der Waals surface area contributed by atoms with E-state index in [-0.39, 0.29) is 5.91 Å². The van der Waals surface area contributed by atoms with Gasteiger partial charge >= 0.3 is 0 Å². The molecular weight excluding hydrogens is 346 g/mol. The Balaban J connectivity index is 2.09. The van der Waals surface area contributed by atoms with Crippen LogP contribution in [0.5, 0.6) is 23.0 Å². The quantitative estimate of drug-likeness (QED) is 0.671. The molecule has 0 aromatic heterocycles. The first kappa shape index (κ1) is 20.2. The molecule has 1 N–H and O–H groups in total. The summed E-state index contributed by atoms with van der Waals surface area (Å²) in [7, 11) is 3.11. The molecule has 0 saturated carbocycles. The molecule has 0 radical (unpaired) electrons. The third-order valence-electron chi connectivity index (χ3n) is 3.65. The van der Waals surface area contributed by atoms with E-state index in [0.717, 1.165) is 5.56 Å². The van der Waals surface area contributed by atoms with E-state index in [1.165, 1.54) is 6.08 Å². The van der Waals surface area contributed by atoms with Crippen LogP contribution in [0.4, 0.5) is 5.69 Å². The van der Waals surface area contributed by atoms with Crippen molar-refractivity contribution in [3.05, 3.63) is 48.0 Å². The molecule has 0 atom stereocenters. The van der Waals surface area contributed by atoms with Crippen LogP contribution in [0.25, 0.3) is 6.08 Å². The number of carbonyl (C=O) groups is 1. The Morgan fingerprint density at radius 3 is 2.22 bits per heavy atom. The van der Waals surface area contributed by atoms with Crippen molar-refractivity contribution in [3.63, 3.8) is 0 Å². The molecule has 0 aliphatic heterocycles. The Hall–Kier alpha value is -3.15. The number of nitrogens with one attached hydrogen (secondary N) is 1. The van der Waals surface area contributed by atoms with Crippen LogP contribution in [0.2, 0.25) is 0 Å². The van der Waals surface area contributed by atoms with Gasteiger partial charge in [0.25, 0.3) is 0 Å². The summed E-state index contributed by atoms with van der Waals surface area (Å²) in [5, 5.41) is 2.79. The number of hydrogen-bond acceptors (Lipinski definition) is 5. The average molecular weight is 371 g/mol. The molecule has 6 nitrogen and oxygen atoms in total. The number of hydrogen-bond donors (Lipinski definition) is 1. The van der Waals surface area contributed by atoms with Crippen molar-refractivity contribution in [3.8, 4) is 23.0 Å². The molecule has 0 saturated heterocycles. The minimum Gasteiger partial charge on any atom is -0.493 e.